The quantitative estimate of drug-likeness (QED) is 0.649. The van der Waals surface area contributed by atoms with Crippen molar-refractivity contribution >= 4 is 27.5 Å². The molecular formula is C21H23N3OS. The number of carbonyl (C=O) groups excluding carboxylic acids is 1. The Labute approximate surface area is 157 Å². The fraction of sp³-hybridized carbons (Fsp3) is 0.286. The highest BCUT2D eigenvalue weighted by Gasteiger charge is 2.17. The molecule has 1 unspecified atom stereocenters. The molecule has 134 valence electrons. The average Bonchev–Trinajstić information content (AvgIpc) is 3.09. The van der Waals surface area contributed by atoms with Gasteiger partial charge in [-0.25, -0.2) is 4.79 Å². The summed E-state index contributed by atoms with van der Waals surface area (Å²) in [6, 6.07) is 19.3. The number of amides is 2. The molecule has 2 amide bonds. The Morgan fingerprint density at radius 3 is 2.77 bits per heavy atom. The minimum atomic E-state index is -0.0910. The van der Waals surface area contributed by atoms with Gasteiger partial charge in [0.15, 0.2) is 0 Å². The number of hydrogen-bond acceptors (Lipinski definition) is 3. The SMILES string of the molecule is O=C(NCCc1cc2ccccc2s1)NCC1Cc2ccccc2CN1. The molecule has 0 radical (unpaired) electrons. The van der Waals surface area contributed by atoms with Crippen molar-refractivity contribution in [1.29, 1.82) is 0 Å². The number of benzene rings is 2. The van der Waals surface area contributed by atoms with Gasteiger partial charge in [0, 0.05) is 35.3 Å². The molecule has 2 heterocycles. The molecule has 0 bridgehead atoms. The lowest BCUT2D eigenvalue weighted by Crippen LogP contribution is -2.47. The molecule has 0 saturated carbocycles. The van der Waals surface area contributed by atoms with E-state index in [2.05, 4.69) is 70.5 Å². The molecule has 4 rings (SSSR count). The summed E-state index contributed by atoms with van der Waals surface area (Å²) in [5, 5.41) is 10.7. The lowest BCUT2D eigenvalue weighted by molar-refractivity contribution is 0.239. The van der Waals surface area contributed by atoms with Crippen molar-refractivity contribution < 1.29 is 4.79 Å². The van der Waals surface area contributed by atoms with E-state index in [9.17, 15) is 4.79 Å². The standard InChI is InChI=1S/C21H23N3OS/c25-21(22-10-9-19-12-16-6-3-4-8-20(16)26-19)24-14-18-11-15-5-1-2-7-17(15)13-23-18/h1-8,12,18,23H,9-11,13-14H2,(H2,22,24,25). The Hall–Kier alpha value is -2.37. The van der Waals surface area contributed by atoms with Gasteiger partial charge in [0.25, 0.3) is 0 Å². The average molecular weight is 366 g/mol. The number of urea groups is 1. The fourth-order valence-corrected chi connectivity index (χ4v) is 4.47. The lowest BCUT2D eigenvalue weighted by atomic mass is 9.96. The van der Waals surface area contributed by atoms with E-state index >= 15 is 0 Å². The highest BCUT2D eigenvalue weighted by atomic mass is 32.1. The van der Waals surface area contributed by atoms with Gasteiger partial charge in [0.05, 0.1) is 0 Å². The van der Waals surface area contributed by atoms with Gasteiger partial charge < -0.3 is 16.0 Å². The number of fused-ring (bicyclic) bond motifs is 2. The van der Waals surface area contributed by atoms with Crippen molar-refractivity contribution in [1.82, 2.24) is 16.0 Å². The van der Waals surface area contributed by atoms with Crippen LogP contribution in [0, 0.1) is 0 Å². The molecule has 5 heteroatoms. The van der Waals surface area contributed by atoms with E-state index in [1.54, 1.807) is 11.3 Å². The van der Waals surface area contributed by atoms with Crippen LogP contribution in [0.2, 0.25) is 0 Å². The first-order valence-corrected chi connectivity index (χ1v) is 9.89. The number of rotatable bonds is 5. The summed E-state index contributed by atoms with van der Waals surface area (Å²) in [6.07, 6.45) is 1.82. The topological polar surface area (TPSA) is 53.2 Å². The van der Waals surface area contributed by atoms with Crippen LogP contribution >= 0.6 is 11.3 Å². The van der Waals surface area contributed by atoms with Gasteiger partial charge in [-0.3, -0.25) is 0 Å². The van der Waals surface area contributed by atoms with Gasteiger partial charge in [-0.2, -0.15) is 0 Å². The zero-order valence-corrected chi connectivity index (χ0v) is 15.4. The second kappa shape index (κ2) is 7.89. The van der Waals surface area contributed by atoms with Gasteiger partial charge in [-0.15, -0.1) is 11.3 Å². The Bertz CT molecular complexity index is 872. The predicted octanol–water partition coefficient (Wildman–Crippen LogP) is 3.46. The van der Waals surface area contributed by atoms with Crippen molar-refractivity contribution in [3.63, 3.8) is 0 Å². The Morgan fingerprint density at radius 1 is 1.08 bits per heavy atom. The summed E-state index contributed by atoms with van der Waals surface area (Å²) in [5.74, 6) is 0. The molecule has 1 aliphatic rings. The maximum absolute atomic E-state index is 12.0. The molecule has 3 N–H and O–H groups in total. The first-order valence-electron chi connectivity index (χ1n) is 9.07. The minimum absolute atomic E-state index is 0.0910. The second-order valence-electron chi connectivity index (χ2n) is 6.69. The van der Waals surface area contributed by atoms with E-state index in [0.29, 0.717) is 19.1 Å². The zero-order chi connectivity index (χ0) is 17.8. The van der Waals surface area contributed by atoms with Crippen LogP contribution in [0.4, 0.5) is 4.79 Å². The lowest BCUT2D eigenvalue weighted by Gasteiger charge is -2.26. The number of hydrogen-bond donors (Lipinski definition) is 3. The van der Waals surface area contributed by atoms with E-state index in [1.807, 2.05) is 0 Å². The van der Waals surface area contributed by atoms with E-state index in [4.69, 9.17) is 0 Å². The molecule has 0 spiro atoms. The van der Waals surface area contributed by atoms with Crippen LogP contribution in [0.25, 0.3) is 10.1 Å². The molecule has 0 fully saturated rings. The van der Waals surface area contributed by atoms with Crippen molar-refractivity contribution in [3.8, 4) is 0 Å². The number of carbonyl (C=O) groups is 1. The predicted molar refractivity (Wildman–Crippen MR) is 108 cm³/mol. The third-order valence-corrected chi connectivity index (χ3v) is 5.98. The van der Waals surface area contributed by atoms with Crippen molar-refractivity contribution in [2.45, 2.75) is 25.4 Å². The first kappa shape index (κ1) is 17.1. The van der Waals surface area contributed by atoms with E-state index < -0.39 is 0 Å². The normalized spacial score (nSPS) is 16.2. The summed E-state index contributed by atoms with van der Waals surface area (Å²) in [5.41, 5.74) is 2.74. The fourth-order valence-electron chi connectivity index (χ4n) is 3.40. The van der Waals surface area contributed by atoms with Gasteiger partial charge in [-0.05, 0) is 41.5 Å². The van der Waals surface area contributed by atoms with Crippen LogP contribution in [-0.2, 0) is 19.4 Å². The molecule has 4 nitrogen and oxygen atoms in total. The van der Waals surface area contributed by atoms with E-state index in [-0.39, 0.29) is 6.03 Å². The van der Waals surface area contributed by atoms with E-state index in [0.717, 1.165) is 19.4 Å². The third-order valence-electron chi connectivity index (χ3n) is 4.81. The molecule has 0 saturated heterocycles. The highest BCUT2D eigenvalue weighted by Crippen LogP contribution is 2.25. The first-order chi connectivity index (χ1) is 12.8. The summed E-state index contributed by atoms with van der Waals surface area (Å²) in [7, 11) is 0. The van der Waals surface area contributed by atoms with Gasteiger partial charge in [0.1, 0.15) is 0 Å². The summed E-state index contributed by atoms with van der Waals surface area (Å²) >= 11 is 1.80. The summed E-state index contributed by atoms with van der Waals surface area (Å²) in [4.78, 5) is 13.3. The maximum atomic E-state index is 12.0. The Kier molecular flexibility index (Phi) is 5.18. The Balaban J connectivity index is 1.20. The number of nitrogens with one attached hydrogen (secondary N) is 3. The van der Waals surface area contributed by atoms with Crippen LogP contribution in [0.3, 0.4) is 0 Å². The molecular weight excluding hydrogens is 342 g/mol. The molecule has 2 aromatic carbocycles. The van der Waals surface area contributed by atoms with Crippen LogP contribution in [0.15, 0.2) is 54.6 Å². The maximum Gasteiger partial charge on any atom is 0.314 e. The van der Waals surface area contributed by atoms with Crippen LogP contribution in [0.1, 0.15) is 16.0 Å². The molecule has 0 aliphatic carbocycles. The van der Waals surface area contributed by atoms with Crippen molar-refractivity contribution in [3.05, 3.63) is 70.6 Å². The summed E-state index contributed by atoms with van der Waals surface area (Å²) < 4.78 is 1.30. The summed E-state index contributed by atoms with van der Waals surface area (Å²) in [6.45, 7) is 2.17. The molecule has 1 aliphatic heterocycles. The Morgan fingerprint density at radius 2 is 1.88 bits per heavy atom. The third kappa shape index (κ3) is 4.06. The minimum Gasteiger partial charge on any atom is -0.338 e. The van der Waals surface area contributed by atoms with Crippen molar-refractivity contribution in [2.75, 3.05) is 13.1 Å². The number of thiophene rings is 1. The van der Waals surface area contributed by atoms with Crippen LogP contribution in [-0.4, -0.2) is 25.2 Å². The largest absolute Gasteiger partial charge is 0.338 e. The van der Waals surface area contributed by atoms with Gasteiger partial charge in [-0.1, -0.05) is 42.5 Å². The van der Waals surface area contributed by atoms with E-state index in [1.165, 1.54) is 26.1 Å². The van der Waals surface area contributed by atoms with Crippen molar-refractivity contribution in [2.24, 2.45) is 0 Å². The van der Waals surface area contributed by atoms with Gasteiger partial charge >= 0.3 is 6.03 Å². The smallest absolute Gasteiger partial charge is 0.314 e. The molecule has 3 aromatic rings. The second-order valence-corrected chi connectivity index (χ2v) is 7.86. The monoisotopic (exact) mass is 365 g/mol. The zero-order valence-electron chi connectivity index (χ0n) is 14.6. The molecule has 1 aromatic heterocycles. The highest BCUT2D eigenvalue weighted by molar-refractivity contribution is 7.19. The van der Waals surface area contributed by atoms with Crippen LogP contribution < -0.4 is 16.0 Å². The van der Waals surface area contributed by atoms with Gasteiger partial charge in [0.2, 0.25) is 0 Å². The van der Waals surface area contributed by atoms with Crippen LogP contribution in [0.5, 0.6) is 0 Å². The molecule has 1 atom stereocenters. The molecule has 26 heavy (non-hydrogen) atoms.